The quantitative estimate of drug-likeness (QED) is 0.680. The summed E-state index contributed by atoms with van der Waals surface area (Å²) in [5, 5.41) is 9.82. The first-order valence-corrected chi connectivity index (χ1v) is 5.80. The molecule has 0 aliphatic carbocycles. The highest BCUT2D eigenvalue weighted by Gasteiger charge is 2.25. The van der Waals surface area contributed by atoms with Crippen molar-refractivity contribution in [1.29, 1.82) is 0 Å². The molecule has 0 spiro atoms. The van der Waals surface area contributed by atoms with Gasteiger partial charge in [0, 0.05) is 30.5 Å². The second-order valence-electron chi connectivity index (χ2n) is 3.43. The third-order valence-corrected chi connectivity index (χ3v) is 3.52. The van der Waals surface area contributed by atoms with Gasteiger partial charge < -0.3 is 5.11 Å². The summed E-state index contributed by atoms with van der Waals surface area (Å²) in [5.41, 5.74) is 0. The molecule has 0 radical (unpaired) electrons. The first kappa shape index (κ1) is 10.9. The number of aliphatic hydroxyl groups is 1. The normalized spacial score (nSPS) is 26.7. The first-order valence-electron chi connectivity index (χ1n) is 4.65. The van der Waals surface area contributed by atoms with Gasteiger partial charge in [-0.1, -0.05) is 0 Å². The Morgan fingerprint density at radius 1 is 1.77 bits per heavy atom. The SMILES string of the molecule is C#CCCC(O)C1CSCCN1C. The van der Waals surface area contributed by atoms with E-state index in [1.807, 2.05) is 11.8 Å². The molecule has 74 valence electrons. The molecule has 0 aromatic rings. The largest absolute Gasteiger partial charge is 0.391 e. The van der Waals surface area contributed by atoms with Gasteiger partial charge in [0.25, 0.3) is 0 Å². The summed E-state index contributed by atoms with van der Waals surface area (Å²) < 4.78 is 0. The number of nitrogens with zero attached hydrogens (tertiary/aromatic N) is 1. The van der Waals surface area contributed by atoms with Crippen molar-refractivity contribution in [3.05, 3.63) is 0 Å². The highest BCUT2D eigenvalue weighted by Crippen LogP contribution is 2.19. The molecule has 0 aromatic heterocycles. The standard InChI is InChI=1S/C10H17NOS/c1-3-4-5-10(12)9-8-13-7-6-11(9)2/h1,9-10,12H,4-8H2,2H3. The van der Waals surface area contributed by atoms with Crippen molar-refractivity contribution in [2.45, 2.75) is 25.0 Å². The van der Waals surface area contributed by atoms with Gasteiger partial charge in [0.15, 0.2) is 0 Å². The lowest BCUT2D eigenvalue weighted by molar-refractivity contribution is 0.0707. The lowest BCUT2D eigenvalue weighted by Crippen LogP contribution is -2.46. The van der Waals surface area contributed by atoms with Crippen LogP contribution in [0.25, 0.3) is 0 Å². The van der Waals surface area contributed by atoms with E-state index < -0.39 is 0 Å². The van der Waals surface area contributed by atoms with Crippen LogP contribution in [0, 0.1) is 12.3 Å². The van der Waals surface area contributed by atoms with E-state index in [9.17, 15) is 5.11 Å². The molecule has 2 atom stereocenters. The molecular formula is C10H17NOS. The van der Waals surface area contributed by atoms with Gasteiger partial charge in [-0.05, 0) is 13.5 Å². The van der Waals surface area contributed by atoms with Gasteiger partial charge in [-0.2, -0.15) is 11.8 Å². The molecule has 1 heterocycles. The minimum absolute atomic E-state index is 0.256. The average molecular weight is 199 g/mol. The minimum Gasteiger partial charge on any atom is -0.391 e. The summed E-state index contributed by atoms with van der Waals surface area (Å²) in [6, 6.07) is 0.298. The van der Waals surface area contributed by atoms with Crippen LogP contribution < -0.4 is 0 Å². The third kappa shape index (κ3) is 3.22. The van der Waals surface area contributed by atoms with Crippen molar-refractivity contribution in [3.8, 4) is 12.3 Å². The monoisotopic (exact) mass is 199 g/mol. The molecule has 1 saturated heterocycles. The van der Waals surface area contributed by atoms with Crippen LogP contribution >= 0.6 is 11.8 Å². The van der Waals surface area contributed by atoms with Crippen LogP contribution in [-0.4, -0.2) is 47.3 Å². The Morgan fingerprint density at radius 2 is 2.54 bits per heavy atom. The zero-order valence-corrected chi connectivity index (χ0v) is 8.89. The Balaban J connectivity index is 2.35. The van der Waals surface area contributed by atoms with E-state index in [0.29, 0.717) is 12.5 Å². The van der Waals surface area contributed by atoms with Crippen molar-refractivity contribution in [3.63, 3.8) is 0 Å². The lowest BCUT2D eigenvalue weighted by Gasteiger charge is -2.35. The predicted molar refractivity (Wildman–Crippen MR) is 57.8 cm³/mol. The van der Waals surface area contributed by atoms with E-state index in [0.717, 1.165) is 18.7 Å². The van der Waals surface area contributed by atoms with Crippen LogP contribution in [-0.2, 0) is 0 Å². The number of likely N-dealkylation sites (N-methyl/N-ethyl adjacent to an activating group) is 1. The van der Waals surface area contributed by atoms with E-state index in [1.165, 1.54) is 5.75 Å². The number of thioether (sulfide) groups is 1. The molecule has 0 saturated carbocycles. The van der Waals surface area contributed by atoms with Crippen LogP contribution in [0.4, 0.5) is 0 Å². The molecule has 1 aliphatic rings. The van der Waals surface area contributed by atoms with E-state index in [2.05, 4.69) is 17.9 Å². The number of hydrogen-bond donors (Lipinski definition) is 1. The topological polar surface area (TPSA) is 23.5 Å². The smallest absolute Gasteiger partial charge is 0.0712 e. The molecule has 1 aliphatic heterocycles. The van der Waals surface area contributed by atoms with Gasteiger partial charge in [0.2, 0.25) is 0 Å². The molecule has 0 amide bonds. The van der Waals surface area contributed by atoms with Gasteiger partial charge in [-0.25, -0.2) is 0 Å². The fourth-order valence-corrected chi connectivity index (χ4v) is 2.84. The van der Waals surface area contributed by atoms with Crippen LogP contribution in [0.3, 0.4) is 0 Å². The van der Waals surface area contributed by atoms with Gasteiger partial charge in [0.05, 0.1) is 6.10 Å². The Hall–Kier alpha value is -0.170. The maximum absolute atomic E-state index is 9.82. The predicted octanol–water partition coefficient (Wildman–Crippen LogP) is 0.808. The van der Waals surface area contributed by atoms with Crippen LogP contribution in [0.2, 0.25) is 0 Å². The number of hydrogen-bond acceptors (Lipinski definition) is 3. The van der Waals surface area contributed by atoms with Crippen molar-refractivity contribution < 1.29 is 5.11 Å². The Bertz CT molecular complexity index is 190. The highest BCUT2D eigenvalue weighted by atomic mass is 32.2. The van der Waals surface area contributed by atoms with E-state index in [1.54, 1.807) is 0 Å². The number of terminal acetylenes is 1. The Kier molecular flexibility index (Phi) is 4.65. The molecule has 3 heteroatoms. The molecule has 1 N–H and O–H groups in total. The first-order chi connectivity index (χ1) is 6.25. The summed E-state index contributed by atoms with van der Waals surface area (Å²) in [4.78, 5) is 2.23. The second-order valence-corrected chi connectivity index (χ2v) is 4.58. The van der Waals surface area contributed by atoms with Crippen molar-refractivity contribution >= 4 is 11.8 Å². The molecule has 2 nitrogen and oxygen atoms in total. The van der Waals surface area contributed by atoms with Crippen molar-refractivity contribution in [1.82, 2.24) is 4.90 Å². The fraction of sp³-hybridized carbons (Fsp3) is 0.800. The second kappa shape index (κ2) is 5.54. The van der Waals surface area contributed by atoms with Crippen LogP contribution in [0.15, 0.2) is 0 Å². The number of aliphatic hydroxyl groups excluding tert-OH is 1. The fourth-order valence-electron chi connectivity index (χ4n) is 1.53. The maximum Gasteiger partial charge on any atom is 0.0712 e. The molecule has 2 unspecified atom stereocenters. The van der Waals surface area contributed by atoms with Crippen LogP contribution in [0.5, 0.6) is 0 Å². The summed E-state index contributed by atoms with van der Waals surface area (Å²) in [7, 11) is 2.07. The van der Waals surface area contributed by atoms with E-state index in [-0.39, 0.29) is 6.10 Å². The summed E-state index contributed by atoms with van der Waals surface area (Å²) >= 11 is 1.92. The Morgan fingerprint density at radius 3 is 3.15 bits per heavy atom. The zero-order chi connectivity index (χ0) is 9.68. The van der Waals surface area contributed by atoms with Crippen molar-refractivity contribution in [2.75, 3.05) is 25.1 Å². The van der Waals surface area contributed by atoms with E-state index in [4.69, 9.17) is 6.42 Å². The van der Waals surface area contributed by atoms with Crippen molar-refractivity contribution in [2.24, 2.45) is 0 Å². The molecule has 0 aromatic carbocycles. The molecule has 0 bridgehead atoms. The Labute approximate surface area is 84.7 Å². The van der Waals surface area contributed by atoms with E-state index >= 15 is 0 Å². The molecule has 1 fully saturated rings. The summed E-state index contributed by atoms with van der Waals surface area (Å²) in [5.74, 6) is 4.77. The molecule has 13 heavy (non-hydrogen) atoms. The molecular weight excluding hydrogens is 182 g/mol. The zero-order valence-electron chi connectivity index (χ0n) is 8.07. The van der Waals surface area contributed by atoms with Gasteiger partial charge in [-0.3, -0.25) is 4.90 Å². The summed E-state index contributed by atoms with van der Waals surface area (Å²) in [6.45, 7) is 1.07. The van der Waals surface area contributed by atoms with Crippen LogP contribution in [0.1, 0.15) is 12.8 Å². The lowest BCUT2D eigenvalue weighted by atomic mass is 10.1. The van der Waals surface area contributed by atoms with Gasteiger partial charge >= 0.3 is 0 Å². The van der Waals surface area contributed by atoms with Gasteiger partial charge in [0.1, 0.15) is 0 Å². The maximum atomic E-state index is 9.82. The minimum atomic E-state index is -0.256. The highest BCUT2D eigenvalue weighted by molar-refractivity contribution is 7.99. The van der Waals surface area contributed by atoms with Gasteiger partial charge in [-0.15, -0.1) is 12.3 Å². The third-order valence-electron chi connectivity index (χ3n) is 2.47. The number of rotatable bonds is 3. The summed E-state index contributed by atoms with van der Waals surface area (Å²) in [6.07, 6.45) is 6.31. The average Bonchev–Trinajstić information content (AvgIpc) is 2.15. The molecule has 1 rings (SSSR count).